The summed E-state index contributed by atoms with van der Waals surface area (Å²) in [6, 6.07) is 16.5. The largest absolute Gasteiger partial charge is 0.366 e. The first-order chi connectivity index (χ1) is 12.7. The van der Waals surface area contributed by atoms with E-state index in [2.05, 4.69) is 26.2 Å². The van der Waals surface area contributed by atoms with Crippen molar-refractivity contribution >= 4 is 11.6 Å². The number of nitrogens with zero attached hydrogens (tertiary/aromatic N) is 4. The Hall–Kier alpha value is -3.07. The van der Waals surface area contributed by atoms with Crippen molar-refractivity contribution in [2.45, 2.75) is 6.54 Å². The van der Waals surface area contributed by atoms with E-state index in [0.29, 0.717) is 17.8 Å². The third-order valence-electron chi connectivity index (χ3n) is 4.52. The average molecular weight is 351 g/mol. The molecule has 134 valence electrons. The number of rotatable bonds is 3. The van der Waals surface area contributed by atoms with Crippen LogP contribution in [0.5, 0.6) is 0 Å². The van der Waals surface area contributed by atoms with Gasteiger partial charge in [0.15, 0.2) is 5.96 Å². The summed E-state index contributed by atoms with van der Waals surface area (Å²) in [6.07, 6.45) is 0. The Labute approximate surface area is 153 Å². The first-order valence-electron chi connectivity index (χ1n) is 8.65. The number of halogens is 1. The van der Waals surface area contributed by atoms with Crippen molar-refractivity contribution < 1.29 is 4.39 Å². The number of para-hydroxylation sites is 1. The molecule has 0 unspecified atom stereocenters. The van der Waals surface area contributed by atoms with Crippen LogP contribution >= 0.6 is 0 Å². The van der Waals surface area contributed by atoms with Crippen LogP contribution < -0.4 is 10.2 Å². The zero-order valence-electron chi connectivity index (χ0n) is 14.8. The molecule has 0 saturated carbocycles. The summed E-state index contributed by atoms with van der Waals surface area (Å²) in [5.41, 5.74) is 2.41. The van der Waals surface area contributed by atoms with E-state index in [1.165, 1.54) is 6.07 Å². The van der Waals surface area contributed by atoms with Crippen LogP contribution in [0.25, 0.3) is 0 Å². The second-order valence-corrected chi connectivity index (χ2v) is 6.14. The molecule has 0 bridgehead atoms. The molecule has 1 aliphatic heterocycles. The fourth-order valence-corrected chi connectivity index (χ4v) is 3.08. The van der Waals surface area contributed by atoms with Crippen LogP contribution in [0.3, 0.4) is 0 Å². The fraction of sp³-hybridized carbons (Fsp3) is 0.300. The standard InChI is InChI=1S/C20H22FN5/c1-23-20(24-15-17-8-6-16(14-22)7-9-17)26-12-10-25(11-13-26)19-5-3-2-4-18(19)21/h2-9H,10-13,15H2,1H3,(H,23,24). The molecule has 5 nitrogen and oxygen atoms in total. The number of aliphatic imine (C=N–C) groups is 1. The van der Waals surface area contributed by atoms with Crippen LogP contribution in [0, 0.1) is 17.1 Å². The van der Waals surface area contributed by atoms with Gasteiger partial charge in [0.25, 0.3) is 0 Å². The molecule has 0 aromatic heterocycles. The van der Waals surface area contributed by atoms with E-state index >= 15 is 0 Å². The van der Waals surface area contributed by atoms with Crippen LogP contribution in [0.15, 0.2) is 53.5 Å². The Morgan fingerprint density at radius 2 is 1.81 bits per heavy atom. The smallest absolute Gasteiger partial charge is 0.194 e. The lowest BCUT2D eigenvalue weighted by atomic mass is 10.1. The lowest BCUT2D eigenvalue weighted by molar-refractivity contribution is 0.370. The van der Waals surface area contributed by atoms with E-state index in [-0.39, 0.29) is 5.82 Å². The number of hydrogen-bond donors (Lipinski definition) is 1. The molecular weight excluding hydrogens is 329 g/mol. The molecule has 0 radical (unpaired) electrons. The van der Waals surface area contributed by atoms with E-state index in [1.54, 1.807) is 13.1 Å². The van der Waals surface area contributed by atoms with Crippen LogP contribution in [0.2, 0.25) is 0 Å². The number of piperazine rings is 1. The first kappa shape index (κ1) is 17.7. The fourth-order valence-electron chi connectivity index (χ4n) is 3.08. The molecule has 0 aliphatic carbocycles. The van der Waals surface area contributed by atoms with Gasteiger partial charge in [-0.15, -0.1) is 0 Å². The van der Waals surface area contributed by atoms with E-state index < -0.39 is 0 Å². The van der Waals surface area contributed by atoms with Gasteiger partial charge in [-0.3, -0.25) is 4.99 Å². The molecule has 6 heteroatoms. The summed E-state index contributed by atoms with van der Waals surface area (Å²) < 4.78 is 13.9. The van der Waals surface area contributed by atoms with Gasteiger partial charge in [0.2, 0.25) is 0 Å². The molecule has 2 aromatic rings. The van der Waals surface area contributed by atoms with Crippen molar-refractivity contribution in [1.82, 2.24) is 10.2 Å². The highest BCUT2D eigenvalue weighted by Gasteiger charge is 2.21. The van der Waals surface area contributed by atoms with Gasteiger partial charge in [-0.2, -0.15) is 5.26 Å². The Morgan fingerprint density at radius 3 is 2.42 bits per heavy atom. The summed E-state index contributed by atoms with van der Waals surface area (Å²) in [7, 11) is 1.77. The molecule has 1 heterocycles. The second-order valence-electron chi connectivity index (χ2n) is 6.14. The summed E-state index contributed by atoms with van der Waals surface area (Å²) in [6.45, 7) is 3.70. The molecule has 26 heavy (non-hydrogen) atoms. The summed E-state index contributed by atoms with van der Waals surface area (Å²) in [5.74, 6) is 0.659. The minimum atomic E-state index is -0.177. The van der Waals surface area contributed by atoms with Crippen molar-refractivity contribution in [3.63, 3.8) is 0 Å². The molecule has 3 rings (SSSR count). The second kappa shape index (κ2) is 8.34. The van der Waals surface area contributed by atoms with E-state index in [1.807, 2.05) is 36.4 Å². The predicted molar refractivity (Wildman–Crippen MR) is 102 cm³/mol. The topological polar surface area (TPSA) is 54.7 Å². The molecule has 0 atom stereocenters. The van der Waals surface area contributed by atoms with Crippen LogP contribution in [-0.4, -0.2) is 44.1 Å². The maximum absolute atomic E-state index is 13.9. The molecule has 0 spiro atoms. The van der Waals surface area contributed by atoms with Gasteiger partial charge in [0.1, 0.15) is 5.82 Å². The average Bonchev–Trinajstić information content (AvgIpc) is 2.70. The zero-order valence-corrected chi connectivity index (χ0v) is 14.8. The van der Waals surface area contributed by atoms with Gasteiger partial charge in [-0.05, 0) is 29.8 Å². The SMILES string of the molecule is CN=C(NCc1ccc(C#N)cc1)N1CCN(c2ccccc2F)CC1. The normalized spacial score (nSPS) is 14.9. The highest BCUT2D eigenvalue weighted by molar-refractivity contribution is 5.80. The maximum atomic E-state index is 13.9. The van der Waals surface area contributed by atoms with Crippen molar-refractivity contribution in [2.75, 3.05) is 38.1 Å². The van der Waals surface area contributed by atoms with Crippen LogP contribution in [0.1, 0.15) is 11.1 Å². The molecule has 1 N–H and O–H groups in total. The van der Waals surface area contributed by atoms with Crippen molar-refractivity contribution in [3.05, 3.63) is 65.5 Å². The van der Waals surface area contributed by atoms with Crippen LogP contribution in [0.4, 0.5) is 10.1 Å². The molecule has 1 fully saturated rings. The van der Waals surface area contributed by atoms with Gasteiger partial charge in [0, 0.05) is 39.8 Å². The van der Waals surface area contributed by atoms with Crippen molar-refractivity contribution in [3.8, 4) is 6.07 Å². The number of nitriles is 1. The van der Waals surface area contributed by atoms with Gasteiger partial charge in [-0.1, -0.05) is 24.3 Å². The molecular formula is C20H22FN5. The highest BCUT2D eigenvalue weighted by Crippen LogP contribution is 2.20. The lowest BCUT2D eigenvalue weighted by Crippen LogP contribution is -2.52. The van der Waals surface area contributed by atoms with Gasteiger partial charge >= 0.3 is 0 Å². The Bertz CT molecular complexity index is 802. The van der Waals surface area contributed by atoms with Crippen molar-refractivity contribution in [2.24, 2.45) is 4.99 Å². The van der Waals surface area contributed by atoms with Gasteiger partial charge in [-0.25, -0.2) is 4.39 Å². The van der Waals surface area contributed by atoms with E-state index in [9.17, 15) is 4.39 Å². The third kappa shape index (κ3) is 4.12. The summed E-state index contributed by atoms with van der Waals surface area (Å²) in [5, 5.41) is 12.2. The van der Waals surface area contributed by atoms with Gasteiger partial charge < -0.3 is 15.1 Å². The molecule has 0 amide bonds. The Kier molecular flexibility index (Phi) is 5.69. The first-order valence-corrected chi connectivity index (χ1v) is 8.65. The van der Waals surface area contributed by atoms with Crippen molar-refractivity contribution in [1.29, 1.82) is 5.26 Å². The van der Waals surface area contributed by atoms with Crippen LogP contribution in [-0.2, 0) is 6.54 Å². The van der Waals surface area contributed by atoms with E-state index in [4.69, 9.17) is 5.26 Å². The summed E-state index contributed by atoms with van der Waals surface area (Å²) in [4.78, 5) is 8.61. The molecule has 1 aliphatic rings. The number of anilines is 1. The minimum Gasteiger partial charge on any atom is -0.366 e. The number of nitrogens with one attached hydrogen (secondary N) is 1. The summed E-state index contributed by atoms with van der Waals surface area (Å²) >= 11 is 0. The minimum absolute atomic E-state index is 0.177. The monoisotopic (exact) mass is 351 g/mol. The third-order valence-corrected chi connectivity index (χ3v) is 4.52. The predicted octanol–water partition coefficient (Wildman–Crippen LogP) is 2.59. The number of hydrogen-bond acceptors (Lipinski definition) is 3. The quantitative estimate of drug-likeness (QED) is 0.682. The van der Waals surface area contributed by atoms with E-state index in [0.717, 1.165) is 37.7 Å². The zero-order chi connectivity index (χ0) is 18.4. The molecule has 2 aromatic carbocycles. The Balaban J connectivity index is 1.55. The number of guanidine groups is 1. The van der Waals surface area contributed by atoms with Gasteiger partial charge in [0.05, 0.1) is 17.3 Å². The Morgan fingerprint density at radius 1 is 1.12 bits per heavy atom. The maximum Gasteiger partial charge on any atom is 0.194 e. The molecule has 1 saturated heterocycles. The lowest BCUT2D eigenvalue weighted by Gasteiger charge is -2.37. The number of benzene rings is 2. The highest BCUT2D eigenvalue weighted by atomic mass is 19.1.